The third-order valence-electron chi connectivity index (χ3n) is 4.18. The van der Waals surface area contributed by atoms with Crippen molar-refractivity contribution in [2.45, 2.75) is 12.6 Å². The number of aromatic amines is 1. The molecule has 1 aromatic carbocycles. The molecule has 0 radical (unpaired) electrons. The summed E-state index contributed by atoms with van der Waals surface area (Å²) >= 11 is 1.32. The van der Waals surface area contributed by atoms with Crippen molar-refractivity contribution in [3.8, 4) is 22.8 Å². The number of aliphatic hydroxyl groups excluding tert-OH is 1. The fourth-order valence-corrected chi connectivity index (χ4v) is 3.62. The number of nitrogens with two attached hydrogens (primary N) is 1. The predicted octanol–water partition coefficient (Wildman–Crippen LogP) is 1.79. The van der Waals surface area contributed by atoms with Crippen LogP contribution in [0.4, 0.5) is 0 Å². The van der Waals surface area contributed by atoms with Crippen LogP contribution in [0.25, 0.3) is 11.3 Å². The number of carbonyl (C=O) groups excluding carboxylic acids is 1. The number of nitrogens with zero attached hydrogens (tertiary/aromatic N) is 1. The molecular formula is C18H18N4O4S. The Kier molecular flexibility index (Phi) is 4.80. The van der Waals surface area contributed by atoms with Crippen molar-refractivity contribution in [1.82, 2.24) is 15.3 Å². The largest absolute Gasteiger partial charge is 0.454 e. The lowest BCUT2D eigenvalue weighted by atomic mass is 10.1. The SMILES string of the molecule is NC[C@@H](NC(=O)c1ccc(-c2ccc3c(c2)OCO3)[nH]1)c1ncc(CO)s1. The molecule has 0 bridgehead atoms. The Bertz CT molecular complexity index is 968. The number of fused-ring (bicyclic) bond motifs is 1. The van der Waals surface area contributed by atoms with E-state index in [4.69, 9.17) is 20.3 Å². The van der Waals surface area contributed by atoms with Gasteiger partial charge >= 0.3 is 0 Å². The Morgan fingerprint density at radius 2 is 2.19 bits per heavy atom. The molecule has 2 aromatic heterocycles. The van der Waals surface area contributed by atoms with E-state index < -0.39 is 6.04 Å². The van der Waals surface area contributed by atoms with Crippen LogP contribution in [-0.4, -0.2) is 34.3 Å². The summed E-state index contributed by atoms with van der Waals surface area (Å²) in [4.78, 5) is 20.6. The summed E-state index contributed by atoms with van der Waals surface area (Å²) in [6.07, 6.45) is 1.58. The van der Waals surface area contributed by atoms with Crippen LogP contribution in [0.15, 0.2) is 36.5 Å². The van der Waals surface area contributed by atoms with Gasteiger partial charge in [-0.3, -0.25) is 4.79 Å². The van der Waals surface area contributed by atoms with Crippen molar-refractivity contribution in [3.05, 3.63) is 52.1 Å². The number of benzene rings is 1. The van der Waals surface area contributed by atoms with Crippen molar-refractivity contribution < 1.29 is 19.4 Å². The normalized spacial score (nSPS) is 13.6. The number of aromatic nitrogens is 2. The van der Waals surface area contributed by atoms with E-state index in [9.17, 15) is 4.79 Å². The molecule has 0 fully saturated rings. The highest BCUT2D eigenvalue weighted by Gasteiger charge is 2.19. The van der Waals surface area contributed by atoms with Crippen molar-refractivity contribution >= 4 is 17.2 Å². The molecule has 5 N–H and O–H groups in total. The zero-order valence-electron chi connectivity index (χ0n) is 14.3. The minimum Gasteiger partial charge on any atom is -0.454 e. The van der Waals surface area contributed by atoms with Gasteiger partial charge in [0.05, 0.1) is 17.5 Å². The van der Waals surface area contributed by atoms with E-state index in [0.29, 0.717) is 22.2 Å². The molecule has 0 aliphatic carbocycles. The highest BCUT2D eigenvalue weighted by molar-refractivity contribution is 7.11. The van der Waals surface area contributed by atoms with Gasteiger partial charge in [-0.1, -0.05) is 0 Å². The highest BCUT2D eigenvalue weighted by atomic mass is 32.1. The molecule has 0 spiro atoms. The van der Waals surface area contributed by atoms with Gasteiger partial charge in [0, 0.05) is 24.0 Å². The van der Waals surface area contributed by atoms with Crippen LogP contribution in [0.5, 0.6) is 11.5 Å². The fourth-order valence-electron chi connectivity index (χ4n) is 2.77. The number of nitrogens with one attached hydrogen (secondary N) is 2. The molecule has 1 amide bonds. The minimum atomic E-state index is -0.417. The molecule has 0 unspecified atom stereocenters. The summed E-state index contributed by atoms with van der Waals surface area (Å²) < 4.78 is 10.7. The number of ether oxygens (including phenoxy) is 2. The highest BCUT2D eigenvalue weighted by Crippen LogP contribution is 2.35. The minimum absolute atomic E-state index is 0.0849. The first-order valence-corrected chi connectivity index (χ1v) is 9.15. The quantitative estimate of drug-likeness (QED) is 0.512. The fraction of sp³-hybridized carbons (Fsp3) is 0.222. The van der Waals surface area contributed by atoms with Crippen LogP contribution < -0.4 is 20.5 Å². The van der Waals surface area contributed by atoms with E-state index in [1.807, 2.05) is 24.3 Å². The second-order valence-electron chi connectivity index (χ2n) is 5.94. The van der Waals surface area contributed by atoms with Crippen LogP contribution in [0.1, 0.15) is 26.4 Å². The summed E-state index contributed by atoms with van der Waals surface area (Å²) in [5.41, 5.74) is 7.88. The van der Waals surface area contributed by atoms with Gasteiger partial charge in [0.2, 0.25) is 6.79 Å². The Balaban J connectivity index is 1.49. The summed E-state index contributed by atoms with van der Waals surface area (Å²) in [5, 5.41) is 12.7. The number of carbonyl (C=O) groups is 1. The standard InChI is InChI=1S/C18H18N4O4S/c19-6-14(18-20-7-11(8-23)27-18)22-17(24)13-3-2-12(21-13)10-1-4-15-16(5-10)26-9-25-15/h1-5,7,14,21,23H,6,8-9,19H2,(H,22,24)/t14-/m1/s1. The molecule has 9 heteroatoms. The predicted molar refractivity (Wildman–Crippen MR) is 99.7 cm³/mol. The first-order valence-electron chi connectivity index (χ1n) is 8.33. The van der Waals surface area contributed by atoms with Crippen molar-refractivity contribution in [2.75, 3.05) is 13.3 Å². The van der Waals surface area contributed by atoms with E-state index >= 15 is 0 Å². The molecule has 0 saturated carbocycles. The number of hydrogen-bond donors (Lipinski definition) is 4. The molecule has 8 nitrogen and oxygen atoms in total. The Morgan fingerprint density at radius 3 is 2.96 bits per heavy atom. The van der Waals surface area contributed by atoms with Gasteiger partial charge < -0.3 is 30.6 Å². The Labute approximate surface area is 159 Å². The number of H-pyrrole nitrogens is 1. The molecule has 140 valence electrons. The first-order chi connectivity index (χ1) is 13.2. The third-order valence-corrected chi connectivity index (χ3v) is 5.28. The summed E-state index contributed by atoms with van der Waals surface area (Å²) in [5.74, 6) is 1.11. The second kappa shape index (κ2) is 7.39. The molecular weight excluding hydrogens is 368 g/mol. The van der Waals surface area contributed by atoms with Gasteiger partial charge in [-0.15, -0.1) is 11.3 Å². The molecule has 4 rings (SSSR count). The molecule has 0 saturated heterocycles. The van der Waals surface area contributed by atoms with Crippen LogP contribution in [0.3, 0.4) is 0 Å². The van der Waals surface area contributed by atoms with Crippen LogP contribution in [-0.2, 0) is 6.61 Å². The van der Waals surface area contributed by atoms with Crippen molar-refractivity contribution in [3.63, 3.8) is 0 Å². The maximum Gasteiger partial charge on any atom is 0.268 e. The zero-order chi connectivity index (χ0) is 18.8. The van der Waals surface area contributed by atoms with Gasteiger partial charge in [-0.05, 0) is 30.3 Å². The molecule has 1 aliphatic rings. The Hall–Kier alpha value is -2.88. The van der Waals surface area contributed by atoms with E-state index in [-0.39, 0.29) is 25.9 Å². The zero-order valence-corrected chi connectivity index (χ0v) is 15.1. The third kappa shape index (κ3) is 3.52. The van der Waals surface area contributed by atoms with Crippen molar-refractivity contribution in [1.29, 1.82) is 0 Å². The average molecular weight is 386 g/mol. The molecule has 1 aliphatic heterocycles. The molecule has 3 heterocycles. The van der Waals surface area contributed by atoms with Gasteiger partial charge in [0.25, 0.3) is 5.91 Å². The summed E-state index contributed by atoms with van der Waals surface area (Å²) in [6, 6.07) is 8.73. The Morgan fingerprint density at radius 1 is 1.33 bits per heavy atom. The van der Waals surface area contributed by atoms with E-state index in [0.717, 1.165) is 16.1 Å². The summed E-state index contributed by atoms with van der Waals surface area (Å²) in [7, 11) is 0. The first kappa shape index (κ1) is 17.5. The maximum atomic E-state index is 12.6. The van der Waals surface area contributed by atoms with Gasteiger partial charge in [0.1, 0.15) is 10.7 Å². The lowest BCUT2D eigenvalue weighted by molar-refractivity contribution is 0.0933. The van der Waals surface area contributed by atoms with Gasteiger partial charge in [-0.25, -0.2) is 4.98 Å². The maximum absolute atomic E-state index is 12.6. The van der Waals surface area contributed by atoms with E-state index in [2.05, 4.69) is 15.3 Å². The lowest BCUT2D eigenvalue weighted by Crippen LogP contribution is -2.33. The number of amides is 1. The topological polar surface area (TPSA) is 122 Å². The van der Waals surface area contributed by atoms with Crippen LogP contribution in [0.2, 0.25) is 0 Å². The van der Waals surface area contributed by atoms with Gasteiger partial charge in [0.15, 0.2) is 11.5 Å². The number of aliphatic hydroxyl groups is 1. The lowest BCUT2D eigenvalue weighted by Gasteiger charge is -2.13. The molecule has 3 aromatic rings. The van der Waals surface area contributed by atoms with E-state index in [1.165, 1.54) is 11.3 Å². The number of rotatable bonds is 6. The monoisotopic (exact) mass is 386 g/mol. The van der Waals surface area contributed by atoms with Crippen molar-refractivity contribution in [2.24, 2.45) is 5.73 Å². The number of hydrogen-bond acceptors (Lipinski definition) is 7. The number of thiazole rings is 1. The van der Waals surface area contributed by atoms with Crippen LogP contribution >= 0.6 is 11.3 Å². The van der Waals surface area contributed by atoms with Gasteiger partial charge in [-0.2, -0.15) is 0 Å². The molecule has 27 heavy (non-hydrogen) atoms. The average Bonchev–Trinajstić information content (AvgIpc) is 3.45. The van der Waals surface area contributed by atoms with E-state index in [1.54, 1.807) is 12.3 Å². The smallest absolute Gasteiger partial charge is 0.268 e. The molecule has 1 atom stereocenters. The summed E-state index contributed by atoms with van der Waals surface area (Å²) in [6.45, 7) is 0.338. The second-order valence-corrected chi connectivity index (χ2v) is 7.09. The van der Waals surface area contributed by atoms with Crippen LogP contribution in [0, 0.1) is 0 Å².